The molecule has 0 aromatic carbocycles. The minimum atomic E-state index is -0.0483. The molecule has 0 aromatic rings. The average Bonchev–Trinajstić information content (AvgIpc) is 2.67. The van der Waals surface area contributed by atoms with Gasteiger partial charge in [0.1, 0.15) is 0 Å². The van der Waals surface area contributed by atoms with Crippen LogP contribution < -0.4 is 10.6 Å². The van der Waals surface area contributed by atoms with E-state index in [9.17, 15) is 4.79 Å². The van der Waals surface area contributed by atoms with Crippen molar-refractivity contribution in [1.82, 2.24) is 10.6 Å². The van der Waals surface area contributed by atoms with Crippen molar-refractivity contribution in [3.8, 4) is 6.07 Å². The molecule has 0 heterocycles. The Bertz CT molecular complexity index is 241. The number of carbonyl (C=O) groups is 1. The summed E-state index contributed by atoms with van der Waals surface area (Å²) in [6.07, 6.45) is 5.27. The highest BCUT2D eigenvalue weighted by atomic mass is 16.1. The van der Waals surface area contributed by atoms with Crippen LogP contribution in [0.4, 0.5) is 0 Å². The Kier molecular flexibility index (Phi) is 5.13. The van der Waals surface area contributed by atoms with Gasteiger partial charge in [0.25, 0.3) is 0 Å². The van der Waals surface area contributed by atoms with E-state index < -0.39 is 0 Å². The van der Waals surface area contributed by atoms with Gasteiger partial charge in [-0.2, -0.15) is 5.26 Å². The summed E-state index contributed by atoms with van der Waals surface area (Å²) in [5.74, 6) is -0.00958. The van der Waals surface area contributed by atoms with Gasteiger partial charge >= 0.3 is 0 Å². The Morgan fingerprint density at radius 3 is 2.80 bits per heavy atom. The van der Waals surface area contributed by atoms with Crippen LogP contribution in [0.25, 0.3) is 0 Å². The van der Waals surface area contributed by atoms with E-state index in [1.165, 1.54) is 25.7 Å². The number of nitriles is 1. The maximum absolute atomic E-state index is 11.4. The SMILES string of the molecule is CC(CC#N)NC(=O)CNC1CCCC1. The van der Waals surface area contributed by atoms with Crippen LogP contribution in [0.3, 0.4) is 0 Å². The molecule has 84 valence electrons. The summed E-state index contributed by atoms with van der Waals surface area (Å²) in [4.78, 5) is 11.4. The van der Waals surface area contributed by atoms with E-state index in [0.29, 0.717) is 19.0 Å². The van der Waals surface area contributed by atoms with Crippen molar-refractivity contribution >= 4 is 5.91 Å². The molecular weight excluding hydrogens is 190 g/mol. The number of nitrogens with zero attached hydrogens (tertiary/aromatic N) is 1. The number of nitrogens with one attached hydrogen (secondary N) is 2. The fourth-order valence-corrected chi connectivity index (χ4v) is 1.88. The summed E-state index contributed by atoms with van der Waals surface area (Å²) in [6, 6.07) is 2.50. The predicted molar refractivity (Wildman–Crippen MR) is 58.1 cm³/mol. The molecule has 1 aliphatic rings. The van der Waals surface area contributed by atoms with Gasteiger partial charge in [-0.3, -0.25) is 4.79 Å². The van der Waals surface area contributed by atoms with Gasteiger partial charge in [0.05, 0.1) is 19.0 Å². The molecule has 1 saturated carbocycles. The highest BCUT2D eigenvalue weighted by molar-refractivity contribution is 5.78. The molecule has 1 amide bonds. The van der Waals surface area contributed by atoms with Crippen molar-refractivity contribution in [1.29, 1.82) is 5.26 Å². The Hall–Kier alpha value is -1.08. The van der Waals surface area contributed by atoms with E-state index in [4.69, 9.17) is 5.26 Å². The number of amides is 1. The van der Waals surface area contributed by atoms with Crippen LogP contribution in [0.15, 0.2) is 0 Å². The van der Waals surface area contributed by atoms with Crippen molar-refractivity contribution in [3.63, 3.8) is 0 Å². The Morgan fingerprint density at radius 1 is 1.53 bits per heavy atom. The molecule has 0 spiro atoms. The maximum atomic E-state index is 11.4. The first kappa shape index (κ1) is 12.0. The fourth-order valence-electron chi connectivity index (χ4n) is 1.88. The zero-order valence-electron chi connectivity index (χ0n) is 9.25. The van der Waals surface area contributed by atoms with Crippen LogP contribution in [0, 0.1) is 11.3 Å². The van der Waals surface area contributed by atoms with Crippen LogP contribution in [0.1, 0.15) is 39.0 Å². The minimum absolute atomic E-state index is 0.00958. The van der Waals surface area contributed by atoms with Crippen LogP contribution in [0.2, 0.25) is 0 Å². The van der Waals surface area contributed by atoms with Crippen molar-refractivity contribution < 1.29 is 4.79 Å². The van der Waals surface area contributed by atoms with Gasteiger partial charge in [0, 0.05) is 12.1 Å². The topological polar surface area (TPSA) is 64.9 Å². The van der Waals surface area contributed by atoms with Gasteiger partial charge in [-0.1, -0.05) is 12.8 Å². The van der Waals surface area contributed by atoms with Gasteiger partial charge in [0.15, 0.2) is 0 Å². The second kappa shape index (κ2) is 6.41. The summed E-state index contributed by atoms with van der Waals surface area (Å²) in [7, 11) is 0. The van der Waals surface area contributed by atoms with Gasteiger partial charge in [0.2, 0.25) is 5.91 Å². The van der Waals surface area contributed by atoms with Crippen molar-refractivity contribution in [2.45, 2.75) is 51.1 Å². The monoisotopic (exact) mass is 209 g/mol. The smallest absolute Gasteiger partial charge is 0.234 e. The normalized spacial score (nSPS) is 18.4. The lowest BCUT2D eigenvalue weighted by molar-refractivity contribution is -0.120. The van der Waals surface area contributed by atoms with Gasteiger partial charge in [-0.05, 0) is 19.8 Å². The largest absolute Gasteiger partial charge is 0.352 e. The predicted octanol–water partition coefficient (Wildman–Crippen LogP) is 0.937. The van der Waals surface area contributed by atoms with E-state index in [2.05, 4.69) is 10.6 Å². The van der Waals surface area contributed by atoms with E-state index in [1.807, 2.05) is 13.0 Å². The fraction of sp³-hybridized carbons (Fsp3) is 0.818. The van der Waals surface area contributed by atoms with Crippen LogP contribution in [0.5, 0.6) is 0 Å². The highest BCUT2D eigenvalue weighted by Crippen LogP contribution is 2.17. The van der Waals surface area contributed by atoms with Gasteiger partial charge in [-0.25, -0.2) is 0 Å². The molecule has 1 fully saturated rings. The molecule has 1 unspecified atom stereocenters. The number of carbonyl (C=O) groups excluding carboxylic acids is 1. The van der Waals surface area contributed by atoms with Crippen LogP contribution in [-0.4, -0.2) is 24.5 Å². The lowest BCUT2D eigenvalue weighted by atomic mass is 10.2. The molecular formula is C11H19N3O. The summed E-state index contributed by atoms with van der Waals surface area (Å²) in [5, 5.41) is 14.4. The maximum Gasteiger partial charge on any atom is 0.234 e. The average molecular weight is 209 g/mol. The number of hydrogen-bond donors (Lipinski definition) is 2. The second-order valence-electron chi connectivity index (χ2n) is 4.19. The molecule has 0 aromatic heterocycles. The summed E-state index contributed by atoms with van der Waals surface area (Å²) >= 11 is 0. The minimum Gasteiger partial charge on any atom is -0.352 e. The van der Waals surface area contributed by atoms with Crippen LogP contribution in [-0.2, 0) is 4.79 Å². The molecule has 1 rings (SSSR count). The molecule has 0 saturated heterocycles. The molecule has 4 nitrogen and oxygen atoms in total. The molecule has 15 heavy (non-hydrogen) atoms. The third-order valence-electron chi connectivity index (χ3n) is 2.71. The summed E-state index contributed by atoms with van der Waals surface area (Å²) in [5.41, 5.74) is 0. The second-order valence-corrected chi connectivity index (χ2v) is 4.19. The van der Waals surface area contributed by atoms with Gasteiger partial charge < -0.3 is 10.6 Å². The highest BCUT2D eigenvalue weighted by Gasteiger charge is 2.15. The molecule has 1 aliphatic carbocycles. The van der Waals surface area contributed by atoms with Gasteiger partial charge in [-0.15, -0.1) is 0 Å². The quantitative estimate of drug-likeness (QED) is 0.708. The number of hydrogen-bond acceptors (Lipinski definition) is 3. The lowest BCUT2D eigenvalue weighted by Gasteiger charge is -2.14. The zero-order valence-corrected chi connectivity index (χ0v) is 9.25. The Labute approximate surface area is 91.0 Å². The van der Waals surface area contributed by atoms with Crippen molar-refractivity contribution in [2.24, 2.45) is 0 Å². The molecule has 1 atom stereocenters. The van der Waals surface area contributed by atoms with E-state index in [-0.39, 0.29) is 11.9 Å². The standard InChI is InChI=1S/C11H19N3O/c1-9(6-7-12)14-11(15)8-13-10-4-2-3-5-10/h9-10,13H,2-6,8H2,1H3,(H,14,15). The third kappa shape index (κ3) is 4.80. The van der Waals surface area contributed by atoms with E-state index in [0.717, 1.165) is 0 Å². The lowest BCUT2D eigenvalue weighted by Crippen LogP contribution is -2.41. The Morgan fingerprint density at radius 2 is 2.20 bits per heavy atom. The first-order valence-corrected chi connectivity index (χ1v) is 5.62. The Balaban J connectivity index is 2.10. The first-order valence-electron chi connectivity index (χ1n) is 5.62. The third-order valence-corrected chi connectivity index (χ3v) is 2.71. The molecule has 2 N–H and O–H groups in total. The first-order chi connectivity index (χ1) is 7.22. The molecule has 4 heteroatoms. The molecule has 0 radical (unpaired) electrons. The van der Waals surface area contributed by atoms with E-state index in [1.54, 1.807) is 0 Å². The number of rotatable bonds is 5. The zero-order chi connectivity index (χ0) is 11.1. The van der Waals surface area contributed by atoms with Crippen molar-refractivity contribution in [3.05, 3.63) is 0 Å². The molecule has 0 bridgehead atoms. The van der Waals surface area contributed by atoms with E-state index >= 15 is 0 Å². The van der Waals surface area contributed by atoms with Crippen LogP contribution >= 0.6 is 0 Å². The summed E-state index contributed by atoms with van der Waals surface area (Å²) < 4.78 is 0. The summed E-state index contributed by atoms with van der Waals surface area (Å²) in [6.45, 7) is 2.22. The molecule has 0 aliphatic heterocycles. The van der Waals surface area contributed by atoms with Crippen molar-refractivity contribution in [2.75, 3.05) is 6.54 Å².